The summed E-state index contributed by atoms with van der Waals surface area (Å²) in [5, 5.41) is 6.49. The maximum Gasteiger partial charge on any atom is 0.191 e. The lowest BCUT2D eigenvalue weighted by molar-refractivity contribution is 0.106. The Morgan fingerprint density at radius 2 is 1.79 bits per heavy atom. The average Bonchev–Trinajstić information content (AvgIpc) is 2.62. The zero-order valence-electron chi connectivity index (χ0n) is 14.1. The third-order valence-corrected chi connectivity index (χ3v) is 3.59. The highest BCUT2D eigenvalue weighted by atomic mass is 19.1. The van der Waals surface area contributed by atoms with Crippen LogP contribution in [-0.2, 0) is 11.3 Å². The van der Waals surface area contributed by atoms with Gasteiger partial charge in [-0.15, -0.1) is 0 Å². The van der Waals surface area contributed by atoms with Crippen LogP contribution in [0.25, 0.3) is 0 Å². The van der Waals surface area contributed by atoms with Gasteiger partial charge in [-0.25, -0.2) is 9.38 Å². The lowest BCUT2D eigenvalue weighted by Crippen LogP contribution is -2.39. The quantitative estimate of drug-likeness (QED) is 0.605. The van der Waals surface area contributed by atoms with Crippen molar-refractivity contribution in [3.05, 3.63) is 71.5 Å². The first kappa shape index (κ1) is 17.9. The lowest BCUT2D eigenvalue weighted by atomic mass is 10.1. The monoisotopic (exact) mass is 329 g/mol. The second-order valence-corrected chi connectivity index (χ2v) is 5.34. The van der Waals surface area contributed by atoms with Crippen molar-refractivity contribution in [1.82, 2.24) is 10.6 Å². The largest absolute Gasteiger partial charge is 0.375 e. The summed E-state index contributed by atoms with van der Waals surface area (Å²) < 4.78 is 18.5. The third kappa shape index (κ3) is 5.66. The molecule has 0 radical (unpaired) electrons. The summed E-state index contributed by atoms with van der Waals surface area (Å²) in [6, 6.07) is 16.4. The van der Waals surface area contributed by atoms with E-state index in [4.69, 9.17) is 4.74 Å². The number of nitrogens with zero attached hydrogens (tertiary/aromatic N) is 1. The zero-order valence-corrected chi connectivity index (χ0v) is 14.1. The number of hydrogen-bond donors (Lipinski definition) is 2. The van der Waals surface area contributed by atoms with Crippen LogP contribution in [0.15, 0.2) is 59.6 Å². The fourth-order valence-corrected chi connectivity index (χ4v) is 2.30. The van der Waals surface area contributed by atoms with Crippen molar-refractivity contribution in [2.75, 3.05) is 20.2 Å². The third-order valence-electron chi connectivity index (χ3n) is 3.59. The van der Waals surface area contributed by atoms with Gasteiger partial charge in [-0.2, -0.15) is 0 Å². The number of methoxy groups -OCH3 is 1. The van der Waals surface area contributed by atoms with Crippen LogP contribution >= 0.6 is 0 Å². The molecule has 0 heterocycles. The molecule has 2 rings (SSSR count). The molecule has 0 saturated carbocycles. The second-order valence-electron chi connectivity index (χ2n) is 5.34. The van der Waals surface area contributed by atoms with Gasteiger partial charge in [-0.1, -0.05) is 42.5 Å². The number of nitrogens with one attached hydrogen (secondary N) is 2. The smallest absolute Gasteiger partial charge is 0.191 e. The van der Waals surface area contributed by atoms with Gasteiger partial charge in [0.15, 0.2) is 5.96 Å². The Morgan fingerprint density at radius 3 is 2.42 bits per heavy atom. The second kappa shape index (κ2) is 9.67. The minimum atomic E-state index is -0.251. The van der Waals surface area contributed by atoms with E-state index in [-0.39, 0.29) is 11.9 Å². The average molecular weight is 329 g/mol. The van der Waals surface area contributed by atoms with E-state index in [2.05, 4.69) is 15.6 Å². The standard InChI is InChI=1S/C19H24FN3O/c1-3-21-19(22-13-15-7-5-4-6-8-15)23-14-18(24-2)16-9-11-17(20)12-10-16/h4-12,18H,3,13-14H2,1-2H3,(H2,21,22,23). The molecular formula is C19H24FN3O. The van der Waals surface area contributed by atoms with Crippen molar-refractivity contribution in [3.8, 4) is 0 Å². The Hall–Kier alpha value is -2.40. The number of hydrogen-bond acceptors (Lipinski definition) is 2. The number of benzene rings is 2. The molecule has 0 saturated heterocycles. The molecule has 0 fully saturated rings. The Labute approximate surface area is 142 Å². The highest BCUT2D eigenvalue weighted by Gasteiger charge is 2.11. The fraction of sp³-hybridized carbons (Fsp3) is 0.316. The SMILES string of the molecule is CCNC(=NCc1ccccc1)NCC(OC)c1ccc(F)cc1. The molecule has 0 aliphatic heterocycles. The Kier molecular flexibility index (Phi) is 7.23. The van der Waals surface area contributed by atoms with E-state index in [1.54, 1.807) is 19.2 Å². The molecule has 0 aliphatic rings. The first-order valence-electron chi connectivity index (χ1n) is 8.07. The van der Waals surface area contributed by atoms with Crippen LogP contribution in [0.2, 0.25) is 0 Å². The van der Waals surface area contributed by atoms with Crippen molar-refractivity contribution in [1.29, 1.82) is 0 Å². The van der Waals surface area contributed by atoms with Crippen molar-refractivity contribution in [2.45, 2.75) is 19.6 Å². The topological polar surface area (TPSA) is 45.7 Å². The molecule has 0 bridgehead atoms. The summed E-state index contributed by atoms with van der Waals surface area (Å²) in [7, 11) is 1.64. The van der Waals surface area contributed by atoms with E-state index in [0.717, 1.165) is 23.6 Å². The first-order chi connectivity index (χ1) is 11.7. The molecule has 4 nitrogen and oxygen atoms in total. The molecule has 2 aromatic carbocycles. The zero-order chi connectivity index (χ0) is 17.2. The van der Waals surface area contributed by atoms with E-state index >= 15 is 0 Å². The summed E-state index contributed by atoms with van der Waals surface area (Å²) in [5.74, 6) is 0.477. The van der Waals surface area contributed by atoms with Gasteiger partial charge >= 0.3 is 0 Å². The molecule has 24 heavy (non-hydrogen) atoms. The summed E-state index contributed by atoms with van der Waals surface area (Å²) >= 11 is 0. The van der Waals surface area contributed by atoms with Gasteiger partial charge < -0.3 is 15.4 Å². The van der Waals surface area contributed by atoms with E-state index in [9.17, 15) is 4.39 Å². The number of halogens is 1. The molecule has 1 atom stereocenters. The summed E-state index contributed by atoms with van der Waals surface area (Å²) in [6.45, 7) is 3.94. The molecule has 0 amide bonds. The van der Waals surface area contributed by atoms with Crippen molar-refractivity contribution >= 4 is 5.96 Å². The van der Waals surface area contributed by atoms with Crippen molar-refractivity contribution < 1.29 is 9.13 Å². The van der Waals surface area contributed by atoms with Gasteiger partial charge in [0.25, 0.3) is 0 Å². The van der Waals surface area contributed by atoms with Crippen LogP contribution in [0.5, 0.6) is 0 Å². The van der Waals surface area contributed by atoms with Crippen LogP contribution in [0.1, 0.15) is 24.2 Å². The lowest BCUT2D eigenvalue weighted by Gasteiger charge is -2.18. The van der Waals surface area contributed by atoms with E-state index in [1.807, 2.05) is 37.3 Å². The Morgan fingerprint density at radius 1 is 1.08 bits per heavy atom. The predicted octanol–water partition coefficient (Wildman–Crippen LogP) is 3.27. The maximum absolute atomic E-state index is 13.0. The van der Waals surface area contributed by atoms with Crippen LogP contribution < -0.4 is 10.6 Å². The molecule has 1 unspecified atom stereocenters. The summed E-state index contributed by atoms with van der Waals surface area (Å²) in [5.41, 5.74) is 2.07. The molecule has 0 spiro atoms. The number of rotatable bonds is 7. The fourth-order valence-electron chi connectivity index (χ4n) is 2.30. The molecule has 2 aromatic rings. The van der Waals surface area contributed by atoms with Gasteiger partial charge in [0.2, 0.25) is 0 Å². The van der Waals surface area contributed by atoms with Crippen LogP contribution in [-0.4, -0.2) is 26.2 Å². The summed E-state index contributed by atoms with van der Waals surface area (Å²) in [4.78, 5) is 4.58. The molecule has 128 valence electrons. The highest BCUT2D eigenvalue weighted by Crippen LogP contribution is 2.16. The van der Waals surface area contributed by atoms with Gasteiger partial charge in [-0.3, -0.25) is 0 Å². The number of ether oxygens (including phenoxy) is 1. The van der Waals surface area contributed by atoms with Crippen LogP contribution in [0.4, 0.5) is 4.39 Å². The maximum atomic E-state index is 13.0. The number of guanidine groups is 1. The van der Waals surface area contributed by atoms with Crippen molar-refractivity contribution in [3.63, 3.8) is 0 Å². The van der Waals surface area contributed by atoms with E-state index < -0.39 is 0 Å². The first-order valence-corrected chi connectivity index (χ1v) is 8.07. The van der Waals surface area contributed by atoms with Gasteiger partial charge in [0.05, 0.1) is 12.6 Å². The minimum Gasteiger partial charge on any atom is -0.375 e. The number of aliphatic imine (C=N–C) groups is 1. The van der Waals surface area contributed by atoms with Gasteiger partial charge in [0, 0.05) is 20.2 Å². The molecule has 0 aliphatic carbocycles. The summed E-state index contributed by atoms with van der Waals surface area (Å²) in [6.07, 6.45) is -0.175. The Balaban J connectivity index is 1.97. The Bertz CT molecular complexity index is 629. The molecule has 2 N–H and O–H groups in total. The van der Waals surface area contributed by atoms with Gasteiger partial charge in [-0.05, 0) is 30.2 Å². The van der Waals surface area contributed by atoms with Crippen molar-refractivity contribution in [2.24, 2.45) is 4.99 Å². The van der Waals surface area contributed by atoms with Crippen LogP contribution in [0.3, 0.4) is 0 Å². The van der Waals surface area contributed by atoms with E-state index in [1.165, 1.54) is 12.1 Å². The van der Waals surface area contributed by atoms with Gasteiger partial charge in [0.1, 0.15) is 5.82 Å². The normalized spacial score (nSPS) is 12.7. The van der Waals surface area contributed by atoms with Crippen LogP contribution in [0, 0.1) is 5.82 Å². The highest BCUT2D eigenvalue weighted by molar-refractivity contribution is 5.79. The van der Waals surface area contributed by atoms with E-state index in [0.29, 0.717) is 13.1 Å². The molecular weight excluding hydrogens is 305 g/mol. The predicted molar refractivity (Wildman–Crippen MR) is 95.4 cm³/mol. The molecule has 5 heteroatoms. The minimum absolute atomic E-state index is 0.175. The molecule has 0 aromatic heterocycles.